The van der Waals surface area contributed by atoms with Crippen molar-refractivity contribution in [3.63, 3.8) is 0 Å². The summed E-state index contributed by atoms with van der Waals surface area (Å²) in [6.07, 6.45) is 1.96. The molecular formula is C19H28BNO7S. The third-order valence-electron chi connectivity index (χ3n) is 5.22. The molecule has 1 atom stereocenters. The second-order valence-electron chi connectivity index (χ2n) is 8.72. The highest BCUT2D eigenvalue weighted by Gasteiger charge is 2.50. The molecule has 0 saturated carbocycles. The Morgan fingerprint density at radius 3 is 2.48 bits per heavy atom. The lowest BCUT2D eigenvalue weighted by molar-refractivity contribution is 0.0126. The number of amides is 1. The van der Waals surface area contributed by atoms with Gasteiger partial charge in [0.1, 0.15) is 17.5 Å². The molecule has 0 aromatic heterocycles. The van der Waals surface area contributed by atoms with Crippen LogP contribution in [0, 0.1) is 0 Å². The van der Waals surface area contributed by atoms with Crippen LogP contribution >= 0.6 is 0 Å². The van der Waals surface area contributed by atoms with E-state index in [0.717, 1.165) is 6.26 Å². The molecule has 2 aliphatic rings. The highest BCUT2D eigenvalue weighted by Crippen LogP contribution is 2.36. The Hall–Kier alpha value is -1.78. The molecule has 10 heteroatoms. The van der Waals surface area contributed by atoms with E-state index in [1.807, 2.05) is 20.8 Å². The molecular weight excluding hydrogens is 397 g/mol. The van der Waals surface area contributed by atoms with Crippen molar-refractivity contribution >= 4 is 28.5 Å². The maximum Gasteiger partial charge on any atom is 0.493 e. The standard InChI is InChI=1S/C19H28BNO7S/c1-18(2,3)27-17(22)21-10-8-13(9-11-21)26-14-6-7-15-16(12-14)20(23)28-19(15,4)29(5,24)25/h6-7,12-13,23H,8-11H2,1-5H3. The van der Waals surface area contributed by atoms with Crippen LogP contribution in [-0.2, 0) is 24.2 Å². The van der Waals surface area contributed by atoms with Crippen molar-refractivity contribution in [2.75, 3.05) is 19.3 Å². The summed E-state index contributed by atoms with van der Waals surface area (Å²) < 4.78 is 41.0. The van der Waals surface area contributed by atoms with Gasteiger partial charge < -0.3 is 24.1 Å². The largest absolute Gasteiger partial charge is 0.493 e. The smallest absolute Gasteiger partial charge is 0.490 e. The maximum absolute atomic E-state index is 12.2. The Kier molecular flexibility index (Phi) is 5.66. The highest BCUT2D eigenvalue weighted by molar-refractivity contribution is 7.91. The van der Waals surface area contributed by atoms with Gasteiger partial charge in [-0.25, -0.2) is 13.2 Å². The molecule has 2 heterocycles. The predicted octanol–water partition coefficient (Wildman–Crippen LogP) is 1.40. The van der Waals surface area contributed by atoms with Gasteiger partial charge in [-0.2, -0.15) is 0 Å². The number of piperidine rings is 1. The lowest BCUT2D eigenvalue weighted by atomic mass is 9.79. The summed E-state index contributed by atoms with van der Waals surface area (Å²) in [6, 6.07) is 4.93. The Morgan fingerprint density at radius 1 is 1.31 bits per heavy atom. The summed E-state index contributed by atoms with van der Waals surface area (Å²) in [5, 5.41) is 10.2. The fraction of sp³-hybridized carbons (Fsp3) is 0.632. The number of sulfone groups is 1. The van der Waals surface area contributed by atoms with Crippen molar-refractivity contribution < 1.29 is 32.4 Å². The van der Waals surface area contributed by atoms with Gasteiger partial charge in [-0.15, -0.1) is 0 Å². The van der Waals surface area contributed by atoms with Crippen LogP contribution in [0.3, 0.4) is 0 Å². The van der Waals surface area contributed by atoms with Gasteiger partial charge >= 0.3 is 13.2 Å². The highest BCUT2D eigenvalue weighted by atomic mass is 32.2. The van der Waals surface area contributed by atoms with E-state index in [4.69, 9.17) is 14.1 Å². The van der Waals surface area contributed by atoms with Crippen LogP contribution in [0.4, 0.5) is 4.79 Å². The van der Waals surface area contributed by atoms with Gasteiger partial charge in [-0.05, 0) is 50.9 Å². The molecule has 1 saturated heterocycles. The molecule has 29 heavy (non-hydrogen) atoms. The summed E-state index contributed by atoms with van der Waals surface area (Å²) in [5.74, 6) is 0.528. The van der Waals surface area contributed by atoms with Crippen LogP contribution in [-0.4, -0.2) is 62.6 Å². The fourth-order valence-corrected chi connectivity index (χ4v) is 4.39. The number of nitrogens with zero attached hydrogens (tertiary/aromatic N) is 1. The topological polar surface area (TPSA) is 102 Å². The number of benzene rings is 1. The van der Waals surface area contributed by atoms with Crippen LogP contribution < -0.4 is 10.2 Å². The van der Waals surface area contributed by atoms with Gasteiger partial charge in [-0.1, -0.05) is 6.07 Å². The molecule has 1 fully saturated rings. The van der Waals surface area contributed by atoms with Gasteiger partial charge in [0.15, 0.2) is 14.8 Å². The second-order valence-corrected chi connectivity index (χ2v) is 11.0. The molecule has 0 radical (unpaired) electrons. The third kappa shape index (κ3) is 4.54. The Labute approximate surface area is 172 Å². The number of rotatable bonds is 3. The fourth-order valence-electron chi connectivity index (χ4n) is 3.53. The first kappa shape index (κ1) is 21.9. The first-order valence-electron chi connectivity index (χ1n) is 9.65. The molecule has 0 bridgehead atoms. The number of carbonyl (C=O) groups is 1. The van der Waals surface area contributed by atoms with Crippen molar-refractivity contribution in [2.45, 2.75) is 57.2 Å². The molecule has 8 nitrogen and oxygen atoms in total. The van der Waals surface area contributed by atoms with E-state index in [2.05, 4.69) is 0 Å². The normalized spacial score (nSPS) is 23.1. The molecule has 1 aromatic rings. The first-order chi connectivity index (χ1) is 13.3. The molecule has 160 valence electrons. The maximum atomic E-state index is 12.2. The second kappa shape index (κ2) is 7.48. The molecule has 0 spiro atoms. The minimum Gasteiger partial charge on any atom is -0.490 e. The van der Waals surface area contributed by atoms with Crippen molar-refractivity contribution in [2.24, 2.45) is 0 Å². The molecule has 1 aromatic carbocycles. The quantitative estimate of drug-likeness (QED) is 0.731. The lowest BCUT2D eigenvalue weighted by Gasteiger charge is -2.33. The third-order valence-corrected chi connectivity index (χ3v) is 6.95. The van der Waals surface area contributed by atoms with Crippen molar-refractivity contribution in [3.8, 4) is 5.75 Å². The van der Waals surface area contributed by atoms with Crippen LogP contribution in [0.5, 0.6) is 5.75 Å². The Morgan fingerprint density at radius 2 is 1.93 bits per heavy atom. The number of likely N-dealkylation sites (tertiary alicyclic amines) is 1. The summed E-state index contributed by atoms with van der Waals surface area (Å²) in [6.45, 7) is 8.00. The van der Waals surface area contributed by atoms with Gasteiger partial charge in [0, 0.05) is 32.2 Å². The zero-order valence-electron chi connectivity index (χ0n) is 17.5. The average molecular weight is 425 g/mol. The van der Waals surface area contributed by atoms with E-state index in [9.17, 15) is 18.2 Å². The van der Waals surface area contributed by atoms with E-state index < -0.39 is 27.5 Å². The molecule has 1 N–H and O–H groups in total. The van der Waals surface area contributed by atoms with Crippen LogP contribution in [0.15, 0.2) is 18.2 Å². The van der Waals surface area contributed by atoms with Gasteiger partial charge in [0.05, 0.1) is 0 Å². The molecule has 0 aliphatic carbocycles. The number of fused-ring (bicyclic) bond motifs is 1. The van der Waals surface area contributed by atoms with E-state index in [1.54, 1.807) is 23.1 Å². The SMILES string of the molecule is CC(C)(C)OC(=O)N1CCC(Oc2ccc3c(c2)B(O)OC3(C)S(C)(=O)=O)CC1. The predicted molar refractivity (Wildman–Crippen MR) is 109 cm³/mol. The van der Waals surface area contributed by atoms with Crippen molar-refractivity contribution in [3.05, 3.63) is 23.8 Å². The summed E-state index contributed by atoms with van der Waals surface area (Å²) in [5.41, 5.74) is 0.277. The Balaban J connectivity index is 1.65. The number of carbonyl (C=O) groups excluding carboxylic acids is 1. The van der Waals surface area contributed by atoms with E-state index >= 15 is 0 Å². The number of ether oxygens (including phenoxy) is 2. The van der Waals surface area contributed by atoms with Gasteiger partial charge in [0.2, 0.25) is 0 Å². The first-order valence-corrected chi connectivity index (χ1v) is 11.5. The molecule has 1 amide bonds. The lowest BCUT2D eigenvalue weighted by Crippen LogP contribution is -2.44. The minimum atomic E-state index is -3.59. The van der Waals surface area contributed by atoms with E-state index in [-0.39, 0.29) is 12.2 Å². The number of hydrogen-bond acceptors (Lipinski definition) is 7. The summed E-state index contributed by atoms with van der Waals surface area (Å²) in [4.78, 5) is 12.2. The molecule has 1 unspecified atom stereocenters. The number of hydrogen-bond donors (Lipinski definition) is 1. The van der Waals surface area contributed by atoms with E-state index in [1.165, 1.54) is 6.92 Å². The molecule has 3 rings (SSSR count). The van der Waals surface area contributed by atoms with Crippen molar-refractivity contribution in [1.29, 1.82) is 0 Å². The van der Waals surface area contributed by atoms with E-state index in [0.29, 0.717) is 42.7 Å². The molecule has 2 aliphatic heterocycles. The Bertz CT molecular complexity index is 890. The van der Waals surface area contributed by atoms with Crippen LogP contribution in [0.25, 0.3) is 0 Å². The summed E-state index contributed by atoms with van der Waals surface area (Å²) in [7, 11) is -4.92. The van der Waals surface area contributed by atoms with Gasteiger partial charge in [0.25, 0.3) is 0 Å². The zero-order chi connectivity index (χ0) is 21.6. The van der Waals surface area contributed by atoms with Gasteiger partial charge in [-0.3, -0.25) is 0 Å². The van der Waals surface area contributed by atoms with Crippen LogP contribution in [0.2, 0.25) is 0 Å². The summed E-state index contributed by atoms with van der Waals surface area (Å²) >= 11 is 0. The monoisotopic (exact) mass is 425 g/mol. The zero-order valence-corrected chi connectivity index (χ0v) is 18.3. The van der Waals surface area contributed by atoms with Crippen LogP contribution in [0.1, 0.15) is 46.1 Å². The van der Waals surface area contributed by atoms with Crippen molar-refractivity contribution in [1.82, 2.24) is 4.90 Å². The minimum absolute atomic E-state index is 0.0903. The average Bonchev–Trinajstić information content (AvgIpc) is 2.85.